The minimum absolute atomic E-state index is 0.0737. The molecule has 0 aliphatic carbocycles. The molecule has 0 spiro atoms. The number of nitrogens with two attached hydrogens (primary N) is 1. The minimum Gasteiger partial charge on any atom is -0.398 e. The molecular formula is C13H20N2O2. The Bertz CT molecular complexity index is 377. The maximum Gasteiger partial charge on any atom is 0.255 e. The van der Waals surface area contributed by atoms with Gasteiger partial charge in [0.25, 0.3) is 5.91 Å². The monoisotopic (exact) mass is 236 g/mol. The first-order valence-corrected chi connectivity index (χ1v) is 5.74. The molecular weight excluding hydrogens is 216 g/mol. The third-order valence-corrected chi connectivity index (χ3v) is 2.42. The molecule has 0 saturated carbocycles. The molecule has 0 aliphatic heterocycles. The number of amides is 1. The second kappa shape index (κ2) is 6.25. The quantitative estimate of drug-likeness (QED) is 0.793. The SMILES string of the molecule is CC(C)OCCN(C)C(=O)c1ccccc1N. The second-order valence-corrected chi connectivity index (χ2v) is 4.23. The summed E-state index contributed by atoms with van der Waals surface area (Å²) in [5.41, 5.74) is 6.81. The van der Waals surface area contributed by atoms with E-state index in [1.54, 1.807) is 24.1 Å². The molecule has 0 aliphatic rings. The van der Waals surface area contributed by atoms with Crippen molar-refractivity contribution in [1.29, 1.82) is 0 Å². The Hall–Kier alpha value is -1.55. The van der Waals surface area contributed by atoms with Gasteiger partial charge in [-0.25, -0.2) is 0 Å². The summed E-state index contributed by atoms with van der Waals surface area (Å²) in [4.78, 5) is 13.7. The summed E-state index contributed by atoms with van der Waals surface area (Å²) < 4.78 is 5.40. The van der Waals surface area contributed by atoms with Gasteiger partial charge in [0, 0.05) is 19.3 Å². The molecule has 4 nitrogen and oxygen atoms in total. The zero-order valence-corrected chi connectivity index (χ0v) is 10.6. The van der Waals surface area contributed by atoms with Crippen molar-refractivity contribution in [2.75, 3.05) is 25.9 Å². The summed E-state index contributed by atoms with van der Waals surface area (Å²) in [6.45, 7) is 5.03. The summed E-state index contributed by atoms with van der Waals surface area (Å²) in [6.07, 6.45) is 0.181. The number of hydrogen-bond acceptors (Lipinski definition) is 3. The van der Waals surface area contributed by atoms with Gasteiger partial charge in [-0.15, -0.1) is 0 Å². The van der Waals surface area contributed by atoms with Crippen LogP contribution in [0.3, 0.4) is 0 Å². The number of benzene rings is 1. The Balaban J connectivity index is 2.55. The molecule has 1 rings (SSSR count). The van der Waals surface area contributed by atoms with E-state index >= 15 is 0 Å². The molecule has 0 aromatic heterocycles. The summed E-state index contributed by atoms with van der Waals surface area (Å²) in [5.74, 6) is -0.0737. The molecule has 0 saturated heterocycles. The number of para-hydroxylation sites is 1. The number of anilines is 1. The summed E-state index contributed by atoms with van der Waals surface area (Å²) in [6, 6.07) is 7.08. The maximum absolute atomic E-state index is 12.0. The van der Waals surface area contributed by atoms with Gasteiger partial charge in [-0.3, -0.25) is 4.79 Å². The van der Waals surface area contributed by atoms with Crippen LogP contribution in [0.15, 0.2) is 24.3 Å². The Kier molecular flexibility index (Phi) is 4.97. The Morgan fingerprint density at radius 3 is 2.65 bits per heavy atom. The minimum atomic E-state index is -0.0737. The van der Waals surface area contributed by atoms with E-state index in [-0.39, 0.29) is 12.0 Å². The molecule has 17 heavy (non-hydrogen) atoms. The lowest BCUT2D eigenvalue weighted by atomic mass is 10.1. The molecule has 2 N–H and O–H groups in total. The molecule has 0 fully saturated rings. The van der Waals surface area contributed by atoms with Crippen molar-refractivity contribution < 1.29 is 9.53 Å². The van der Waals surface area contributed by atoms with Crippen molar-refractivity contribution >= 4 is 11.6 Å². The zero-order chi connectivity index (χ0) is 12.8. The first-order valence-electron chi connectivity index (χ1n) is 5.74. The van der Waals surface area contributed by atoms with Gasteiger partial charge in [-0.2, -0.15) is 0 Å². The van der Waals surface area contributed by atoms with Crippen molar-refractivity contribution in [1.82, 2.24) is 4.90 Å². The molecule has 0 atom stereocenters. The summed E-state index contributed by atoms with van der Waals surface area (Å²) in [5, 5.41) is 0. The highest BCUT2D eigenvalue weighted by Crippen LogP contribution is 2.12. The van der Waals surface area contributed by atoms with E-state index in [0.29, 0.717) is 24.4 Å². The Morgan fingerprint density at radius 2 is 2.06 bits per heavy atom. The van der Waals surface area contributed by atoms with Crippen LogP contribution in [0.2, 0.25) is 0 Å². The highest BCUT2D eigenvalue weighted by Gasteiger charge is 2.13. The van der Waals surface area contributed by atoms with E-state index in [9.17, 15) is 4.79 Å². The van der Waals surface area contributed by atoms with E-state index in [4.69, 9.17) is 10.5 Å². The van der Waals surface area contributed by atoms with E-state index < -0.39 is 0 Å². The topological polar surface area (TPSA) is 55.6 Å². The number of nitrogen functional groups attached to an aromatic ring is 1. The highest BCUT2D eigenvalue weighted by atomic mass is 16.5. The van der Waals surface area contributed by atoms with E-state index in [2.05, 4.69) is 0 Å². The van der Waals surface area contributed by atoms with Crippen molar-refractivity contribution in [3.8, 4) is 0 Å². The molecule has 1 aromatic carbocycles. The average molecular weight is 236 g/mol. The van der Waals surface area contributed by atoms with Crippen LogP contribution in [0.25, 0.3) is 0 Å². The van der Waals surface area contributed by atoms with E-state index in [1.165, 1.54) is 0 Å². The van der Waals surface area contributed by atoms with Crippen molar-refractivity contribution in [3.05, 3.63) is 29.8 Å². The molecule has 94 valence electrons. The molecule has 0 unspecified atom stereocenters. The number of nitrogens with zero attached hydrogens (tertiary/aromatic N) is 1. The smallest absolute Gasteiger partial charge is 0.255 e. The highest BCUT2D eigenvalue weighted by molar-refractivity contribution is 5.98. The van der Waals surface area contributed by atoms with Gasteiger partial charge < -0.3 is 15.4 Å². The lowest BCUT2D eigenvalue weighted by molar-refractivity contribution is 0.0532. The number of likely N-dealkylation sites (N-methyl/N-ethyl adjacent to an activating group) is 1. The van der Waals surface area contributed by atoms with Gasteiger partial charge in [0.1, 0.15) is 0 Å². The Morgan fingerprint density at radius 1 is 1.41 bits per heavy atom. The molecule has 0 radical (unpaired) electrons. The van der Waals surface area contributed by atoms with Crippen molar-refractivity contribution in [3.63, 3.8) is 0 Å². The maximum atomic E-state index is 12.0. The molecule has 1 aromatic rings. The van der Waals surface area contributed by atoms with Gasteiger partial charge in [-0.05, 0) is 26.0 Å². The molecule has 0 heterocycles. The first-order chi connectivity index (χ1) is 8.02. The fraction of sp³-hybridized carbons (Fsp3) is 0.462. The van der Waals surface area contributed by atoms with E-state index in [0.717, 1.165) is 0 Å². The van der Waals surface area contributed by atoms with Crippen LogP contribution in [0.5, 0.6) is 0 Å². The molecule has 1 amide bonds. The van der Waals surface area contributed by atoms with Gasteiger partial charge in [0.2, 0.25) is 0 Å². The normalized spacial score (nSPS) is 10.6. The summed E-state index contributed by atoms with van der Waals surface area (Å²) >= 11 is 0. The second-order valence-electron chi connectivity index (χ2n) is 4.23. The predicted molar refractivity (Wildman–Crippen MR) is 68.9 cm³/mol. The number of hydrogen-bond donors (Lipinski definition) is 1. The number of carbonyl (C=O) groups is 1. The van der Waals surface area contributed by atoms with Gasteiger partial charge in [0.15, 0.2) is 0 Å². The fourth-order valence-electron chi connectivity index (χ4n) is 1.42. The van der Waals surface area contributed by atoms with Crippen LogP contribution in [0.4, 0.5) is 5.69 Å². The first kappa shape index (κ1) is 13.5. The predicted octanol–water partition coefficient (Wildman–Crippen LogP) is 1.77. The number of ether oxygens (including phenoxy) is 1. The van der Waals surface area contributed by atoms with Crippen molar-refractivity contribution in [2.45, 2.75) is 20.0 Å². The Labute approximate surface area is 102 Å². The van der Waals surface area contributed by atoms with Crippen LogP contribution < -0.4 is 5.73 Å². The van der Waals surface area contributed by atoms with Crippen LogP contribution >= 0.6 is 0 Å². The number of carbonyl (C=O) groups excluding carboxylic acids is 1. The van der Waals surface area contributed by atoms with Crippen LogP contribution in [-0.4, -0.2) is 37.1 Å². The lowest BCUT2D eigenvalue weighted by Gasteiger charge is -2.18. The molecule has 4 heteroatoms. The standard InChI is InChI=1S/C13H20N2O2/c1-10(2)17-9-8-15(3)13(16)11-6-4-5-7-12(11)14/h4-7,10H,8-9,14H2,1-3H3. The largest absolute Gasteiger partial charge is 0.398 e. The third-order valence-electron chi connectivity index (χ3n) is 2.42. The number of rotatable bonds is 5. The van der Waals surface area contributed by atoms with E-state index in [1.807, 2.05) is 26.0 Å². The van der Waals surface area contributed by atoms with Gasteiger partial charge in [-0.1, -0.05) is 12.1 Å². The van der Waals surface area contributed by atoms with Gasteiger partial charge in [0.05, 0.1) is 18.3 Å². The average Bonchev–Trinajstić information content (AvgIpc) is 2.28. The van der Waals surface area contributed by atoms with Crippen LogP contribution in [-0.2, 0) is 4.74 Å². The van der Waals surface area contributed by atoms with Gasteiger partial charge >= 0.3 is 0 Å². The summed E-state index contributed by atoms with van der Waals surface area (Å²) in [7, 11) is 1.75. The van der Waals surface area contributed by atoms with Crippen LogP contribution in [0, 0.1) is 0 Å². The molecule has 0 bridgehead atoms. The van der Waals surface area contributed by atoms with Crippen LogP contribution in [0.1, 0.15) is 24.2 Å². The fourth-order valence-corrected chi connectivity index (χ4v) is 1.42. The zero-order valence-electron chi connectivity index (χ0n) is 10.6. The lowest BCUT2D eigenvalue weighted by Crippen LogP contribution is -2.31. The van der Waals surface area contributed by atoms with Crippen molar-refractivity contribution in [2.24, 2.45) is 0 Å². The third kappa shape index (κ3) is 4.07.